The molecule has 3 aromatic rings. The number of nitro benzene ring substituents is 1. The fourth-order valence-corrected chi connectivity index (χ4v) is 5.25. The maximum atomic E-state index is 10.7. The largest absolute Gasteiger partial charge is 0.479 e. The van der Waals surface area contributed by atoms with Crippen molar-refractivity contribution in [2.75, 3.05) is 0 Å². The normalized spacial score (nSPS) is 19.3. The molecular formula is C30H28INO11. The van der Waals surface area contributed by atoms with Crippen LogP contribution in [0.2, 0.25) is 0 Å². The number of nitro groups is 1. The van der Waals surface area contributed by atoms with Crippen molar-refractivity contribution >= 4 is 46.2 Å². The second-order valence-corrected chi connectivity index (χ2v) is 11.1. The molecule has 0 fully saturated rings. The van der Waals surface area contributed by atoms with Crippen LogP contribution in [0.15, 0.2) is 60.7 Å². The fourth-order valence-electron chi connectivity index (χ4n) is 4.69. The van der Waals surface area contributed by atoms with Gasteiger partial charge in [-0.25, -0.2) is 14.4 Å². The van der Waals surface area contributed by atoms with E-state index in [1.165, 1.54) is 18.2 Å². The molecule has 3 aliphatic heterocycles. The van der Waals surface area contributed by atoms with Gasteiger partial charge in [0.25, 0.3) is 5.69 Å². The summed E-state index contributed by atoms with van der Waals surface area (Å²) in [4.78, 5) is 42.1. The molecule has 0 saturated carbocycles. The minimum Gasteiger partial charge on any atom is -0.479 e. The Morgan fingerprint density at radius 1 is 0.674 bits per heavy atom. The summed E-state index contributed by atoms with van der Waals surface area (Å²) in [6, 6.07) is 17.5. The van der Waals surface area contributed by atoms with Gasteiger partial charge in [-0.15, -0.1) is 0 Å². The molecule has 3 heterocycles. The van der Waals surface area contributed by atoms with Crippen LogP contribution in [0.25, 0.3) is 0 Å². The molecule has 0 amide bonds. The van der Waals surface area contributed by atoms with E-state index in [0.29, 0.717) is 48.5 Å². The zero-order chi connectivity index (χ0) is 31.1. The molecule has 13 heteroatoms. The third-order valence-electron chi connectivity index (χ3n) is 6.91. The van der Waals surface area contributed by atoms with Crippen LogP contribution in [0.1, 0.15) is 36.0 Å². The van der Waals surface area contributed by atoms with Crippen LogP contribution in [0.4, 0.5) is 5.69 Å². The van der Waals surface area contributed by atoms with Gasteiger partial charge in [-0.05, 0) is 103 Å². The molecule has 226 valence electrons. The summed E-state index contributed by atoms with van der Waals surface area (Å²) < 4.78 is 17.0. The Balaban J connectivity index is 0.000000148. The van der Waals surface area contributed by atoms with Gasteiger partial charge in [-0.1, -0.05) is 18.2 Å². The highest BCUT2D eigenvalue weighted by Crippen LogP contribution is 2.31. The summed E-state index contributed by atoms with van der Waals surface area (Å²) in [6.07, 6.45) is 1.30. The summed E-state index contributed by atoms with van der Waals surface area (Å²) in [5.74, 6) is -0.929. The monoisotopic (exact) mass is 705 g/mol. The van der Waals surface area contributed by atoms with E-state index >= 15 is 0 Å². The lowest BCUT2D eigenvalue weighted by Crippen LogP contribution is -2.30. The van der Waals surface area contributed by atoms with Gasteiger partial charge >= 0.3 is 17.9 Å². The number of aliphatic carboxylic acids is 3. The van der Waals surface area contributed by atoms with Crippen LogP contribution in [0.5, 0.6) is 17.2 Å². The Labute approximate surface area is 259 Å². The Hall–Kier alpha value is -4.40. The van der Waals surface area contributed by atoms with Gasteiger partial charge in [0.05, 0.1) is 4.92 Å². The molecule has 0 radical (unpaired) electrons. The van der Waals surface area contributed by atoms with E-state index in [-0.39, 0.29) is 5.69 Å². The van der Waals surface area contributed by atoms with Crippen molar-refractivity contribution < 1.29 is 48.8 Å². The first-order chi connectivity index (χ1) is 20.5. The summed E-state index contributed by atoms with van der Waals surface area (Å²) in [5.41, 5.74) is 2.89. The predicted molar refractivity (Wildman–Crippen MR) is 160 cm³/mol. The zero-order valence-electron chi connectivity index (χ0n) is 22.7. The molecule has 3 aliphatic rings. The lowest BCUT2D eigenvalue weighted by molar-refractivity contribution is -0.385. The summed E-state index contributed by atoms with van der Waals surface area (Å²) in [6.45, 7) is 0. The highest BCUT2D eigenvalue weighted by molar-refractivity contribution is 14.1. The molecule has 0 saturated heterocycles. The topological polar surface area (TPSA) is 183 Å². The van der Waals surface area contributed by atoms with Crippen molar-refractivity contribution in [2.24, 2.45) is 0 Å². The van der Waals surface area contributed by atoms with E-state index in [4.69, 9.17) is 29.5 Å². The van der Waals surface area contributed by atoms with E-state index in [9.17, 15) is 24.5 Å². The summed E-state index contributed by atoms with van der Waals surface area (Å²) in [7, 11) is 0. The first-order valence-corrected chi connectivity index (χ1v) is 14.4. The van der Waals surface area contributed by atoms with Crippen molar-refractivity contribution in [1.29, 1.82) is 0 Å². The molecule has 0 spiro atoms. The van der Waals surface area contributed by atoms with E-state index in [1.807, 2.05) is 42.5 Å². The Morgan fingerprint density at radius 2 is 1.12 bits per heavy atom. The number of nitrogens with zero attached hydrogens (tertiary/aromatic N) is 1. The molecule has 0 aromatic heterocycles. The van der Waals surface area contributed by atoms with Gasteiger partial charge in [0.2, 0.25) is 0 Å². The number of carboxylic acid groups (broad SMARTS) is 3. The third-order valence-corrected chi connectivity index (χ3v) is 7.58. The number of aryl methyl sites for hydroxylation is 3. The van der Waals surface area contributed by atoms with Crippen molar-refractivity contribution in [3.8, 4) is 17.2 Å². The maximum Gasteiger partial charge on any atom is 0.344 e. The number of rotatable bonds is 4. The minimum atomic E-state index is -1.01. The second-order valence-electron chi connectivity index (χ2n) is 9.86. The molecule has 12 nitrogen and oxygen atoms in total. The molecule has 6 rings (SSSR count). The average Bonchev–Trinajstić information content (AvgIpc) is 3.00. The fraction of sp³-hybridized carbons (Fsp3) is 0.300. The van der Waals surface area contributed by atoms with Crippen LogP contribution < -0.4 is 14.2 Å². The minimum absolute atomic E-state index is 0.00359. The van der Waals surface area contributed by atoms with E-state index < -0.39 is 41.1 Å². The van der Waals surface area contributed by atoms with E-state index in [2.05, 4.69) is 22.6 Å². The molecular weight excluding hydrogens is 677 g/mol. The van der Waals surface area contributed by atoms with Gasteiger partial charge in [0.1, 0.15) is 17.2 Å². The van der Waals surface area contributed by atoms with E-state index in [0.717, 1.165) is 27.5 Å². The SMILES string of the molecule is O=C(O)C1CCc2cc(I)ccc2O1.O=C(O)C1CCc2cc([N+](=O)[O-])ccc2O1.O=C(O)C1CCc2ccccc2O1. The highest BCUT2D eigenvalue weighted by atomic mass is 127. The number of para-hydroxylation sites is 1. The molecule has 3 N–H and O–H groups in total. The molecule has 3 unspecified atom stereocenters. The number of carbonyl (C=O) groups is 3. The Morgan fingerprint density at radius 3 is 1.63 bits per heavy atom. The van der Waals surface area contributed by atoms with Gasteiger partial charge < -0.3 is 29.5 Å². The number of carboxylic acids is 3. The lowest BCUT2D eigenvalue weighted by atomic mass is 10.0. The number of non-ortho nitro benzene ring substituents is 1. The molecule has 0 bridgehead atoms. The van der Waals surface area contributed by atoms with Crippen molar-refractivity contribution in [2.45, 2.75) is 56.8 Å². The van der Waals surface area contributed by atoms with Gasteiger partial charge in [-0.3, -0.25) is 10.1 Å². The number of hydrogen-bond donors (Lipinski definition) is 3. The van der Waals surface area contributed by atoms with Crippen LogP contribution in [-0.2, 0) is 33.6 Å². The van der Waals surface area contributed by atoms with Gasteiger partial charge in [0, 0.05) is 21.3 Å². The molecule has 3 atom stereocenters. The first-order valence-electron chi connectivity index (χ1n) is 13.3. The average molecular weight is 705 g/mol. The standard InChI is InChI=1S/C10H9IO3.C10H9NO5.C10H10O3/c11-7-2-4-8-6(5-7)1-3-9(14-8)10(12)13;12-10(13)9-3-1-6-5-7(11(14)15)2-4-8(6)16-9;11-10(12)9-6-5-7-3-1-2-4-8(7)13-9/h2,4-5,9H,1,3H2,(H,12,13);2,4-5,9H,1,3H2,(H,12,13);1-4,9H,5-6H2,(H,11,12). The lowest BCUT2D eigenvalue weighted by Gasteiger charge is -2.23. The predicted octanol–water partition coefficient (Wildman–Crippen LogP) is 4.91. The third kappa shape index (κ3) is 8.34. The van der Waals surface area contributed by atoms with Gasteiger partial charge in [0.15, 0.2) is 18.3 Å². The first kappa shape index (κ1) is 31.5. The molecule has 0 aliphatic carbocycles. The smallest absolute Gasteiger partial charge is 0.344 e. The van der Waals surface area contributed by atoms with Crippen LogP contribution in [-0.4, -0.2) is 56.5 Å². The van der Waals surface area contributed by atoms with Crippen molar-refractivity contribution in [1.82, 2.24) is 0 Å². The highest BCUT2D eigenvalue weighted by Gasteiger charge is 2.27. The number of hydrogen-bond acceptors (Lipinski definition) is 8. The maximum absolute atomic E-state index is 10.7. The Kier molecular flexibility index (Phi) is 10.4. The molecule has 3 aromatic carbocycles. The summed E-state index contributed by atoms with van der Waals surface area (Å²) in [5, 5.41) is 36.8. The molecule has 43 heavy (non-hydrogen) atoms. The Bertz CT molecular complexity index is 1530. The quantitative estimate of drug-likeness (QED) is 0.191. The number of fused-ring (bicyclic) bond motifs is 3. The summed E-state index contributed by atoms with van der Waals surface area (Å²) >= 11 is 2.23. The van der Waals surface area contributed by atoms with Gasteiger partial charge in [-0.2, -0.15) is 0 Å². The van der Waals surface area contributed by atoms with Crippen LogP contribution >= 0.6 is 22.6 Å². The van der Waals surface area contributed by atoms with E-state index in [1.54, 1.807) is 0 Å². The number of ether oxygens (including phenoxy) is 3. The number of benzene rings is 3. The van der Waals surface area contributed by atoms with Crippen molar-refractivity contribution in [3.05, 3.63) is 91.0 Å². The van der Waals surface area contributed by atoms with Crippen LogP contribution in [0.3, 0.4) is 0 Å². The number of halogens is 1. The zero-order valence-corrected chi connectivity index (χ0v) is 24.8. The van der Waals surface area contributed by atoms with Crippen molar-refractivity contribution in [3.63, 3.8) is 0 Å². The van der Waals surface area contributed by atoms with Crippen LogP contribution in [0, 0.1) is 13.7 Å². The second kappa shape index (κ2) is 14.2.